The number of unbranched alkanes of at least 4 members (excludes halogenated alkanes) is 1. The van der Waals surface area contributed by atoms with E-state index in [0.717, 1.165) is 19.4 Å². The minimum Gasteiger partial charge on any atom is -0.382 e. The van der Waals surface area contributed by atoms with Crippen LogP contribution in [0, 0.1) is 0 Å². The van der Waals surface area contributed by atoms with Crippen molar-refractivity contribution >= 4 is 11.7 Å². The first kappa shape index (κ1) is 12.4. The molecule has 2 N–H and O–H groups in total. The minimum atomic E-state index is -0.0801. The number of nitrogens with two attached hydrogens (primary N) is 1. The van der Waals surface area contributed by atoms with Gasteiger partial charge in [0.15, 0.2) is 5.69 Å². The van der Waals surface area contributed by atoms with E-state index in [9.17, 15) is 4.79 Å². The average Bonchev–Trinajstić information content (AvgIpc) is 2.30. The summed E-state index contributed by atoms with van der Waals surface area (Å²) >= 11 is 0. The summed E-state index contributed by atoms with van der Waals surface area (Å²) in [5.74, 6) is 0.247. The summed E-state index contributed by atoms with van der Waals surface area (Å²) in [6.07, 6.45) is 2.07. The van der Waals surface area contributed by atoms with Crippen molar-refractivity contribution in [3.63, 3.8) is 0 Å². The van der Waals surface area contributed by atoms with Crippen LogP contribution in [0.4, 0.5) is 5.82 Å². The Morgan fingerprint density at radius 1 is 1.38 bits per heavy atom. The van der Waals surface area contributed by atoms with Crippen LogP contribution in [0.3, 0.4) is 0 Å². The molecule has 0 saturated carbocycles. The first-order valence-corrected chi connectivity index (χ1v) is 5.57. The number of aromatic nitrogens is 2. The number of carbonyl (C=O) groups excluding carboxylic acids is 1. The van der Waals surface area contributed by atoms with Crippen LogP contribution in [0.2, 0.25) is 0 Å². The molecule has 0 aliphatic rings. The first-order valence-electron chi connectivity index (χ1n) is 5.57. The van der Waals surface area contributed by atoms with Crippen molar-refractivity contribution in [1.82, 2.24) is 15.1 Å². The van der Waals surface area contributed by atoms with Gasteiger partial charge < -0.3 is 10.6 Å². The molecule has 0 spiro atoms. The molecular weight excluding hydrogens is 204 g/mol. The zero-order valence-corrected chi connectivity index (χ0v) is 9.81. The maximum Gasteiger partial charge on any atom is 0.274 e. The summed E-state index contributed by atoms with van der Waals surface area (Å²) in [7, 11) is 0. The molecule has 16 heavy (non-hydrogen) atoms. The number of nitrogens with zero attached hydrogens (tertiary/aromatic N) is 3. The van der Waals surface area contributed by atoms with Crippen LogP contribution in [-0.2, 0) is 0 Å². The lowest BCUT2D eigenvalue weighted by Gasteiger charge is -2.19. The predicted molar refractivity (Wildman–Crippen MR) is 62.9 cm³/mol. The van der Waals surface area contributed by atoms with Gasteiger partial charge in [0, 0.05) is 13.1 Å². The monoisotopic (exact) mass is 222 g/mol. The van der Waals surface area contributed by atoms with Crippen LogP contribution in [-0.4, -0.2) is 34.1 Å². The van der Waals surface area contributed by atoms with Crippen molar-refractivity contribution in [3.8, 4) is 0 Å². The van der Waals surface area contributed by atoms with Crippen LogP contribution < -0.4 is 5.73 Å². The molecule has 0 radical (unpaired) electrons. The quantitative estimate of drug-likeness (QED) is 0.815. The average molecular weight is 222 g/mol. The third kappa shape index (κ3) is 3.18. The van der Waals surface area contributed by atoms with Crippen LogP contribution in [0.5, 0.6) is 0 Å². The van der Waals surface area contributed by atoms with Crippen LogP contribution in [0.1, 0.15) is 37.2 Å². The molecule has 0 aromatic carbocycles. The topological polar surface area (TPSA) is 72.1 Å². The highest BCUT2D eigenvalue weighted by molar-refractivity contribution is 5.92. The molecule has 5 heteroatoms. The van der Waals surface area contributed by atoms with Gasteiger partial charge >= 0.3 is 0 Å². The molecule has 5 nitrogen and oxygen atoms in total. The first-order chi connectivity index (χ1) is 7.69. The van der Waals surface area contributed by atoms with Gasteiger partial charge in [0.2, 0.25) is 0 Å². The van der Waals surface area contributed by atoms with Gasteiger partial charge in [-0.1, -0.05) is 13.3 Å². The second-order valence-corrected chi connectivity index (χ2v) is 3.58. The molecule has 88 valence electrons. The molecule has 0 fully saturated rings. The highest BCUT2D eigenvalue weighted by Crippen LogP contribution is 2.04. The second kappa shape index (κ2) is 6.05. The zero-order chi connectivity index (χ0) is 12.0. The molecule has 1 amide bonds. The van der Waals surface area contributed by atoms with Crippen molar-refractivity contribution in [2.45, 2.75) is 26.7 Å². The van der Waals surface area contributed by atoms with Crippen molar-refractivity contribution in [2.24, 2.45) is 0 Å². The molecule has 1 rings (SSSR count). The molecule has 1 aromatic heterocycles. The van der Waals surface area contributed by atoms with E-state index < -0.39 is 0 Å². The molecule has 1 aromatic rings. The smallest absolute Gasteiger partial charge is 0.274 e. The van der Waals surface area contributed by atoms with E-state index in [2.05, 4.69) is 17.1 Å². The molecule has 0 unspecified atom stereocenters. The summed E-state index contributed by atoms with van der Waals surface area (Å²) in [6.45, 7) is 5.50. The number of carbonyl (C=O) groups is 1. The van der Waals surface area contributed by atoms with Crippen molar-refractivity contribution in [1.29, 1.82) is 0 Å². The fourth-order valence-corrected chi connectivity index (χ4v) is 1.37. The van der Waals surface area contributed by atoms with Crippen molar-refractivity contribution in [2.75, 3.05) is 18.8 Å². The molecule has 0 aliphatic heterocycles. The Kier molecular flexibility index (Phi) is 4.69. The second-order valence-electron chi connectivity index (χ2n) is 3.58. The predicted octanol–water partition coefficient (Wildman–Crippen LogP) is 1.32. The van der Waals surface area contributed by atoms with E-state index in [1.54, 1.807) is 17.0 Å². The van der Waals surface area contributed by atoms with Gasteiger partial charge in [-0.2, -0.15) is 0 Å². The summed E-state index contributed by atoms with van der Waals surface area (Å²) in [5.41, 5.74) is 5.77. The third-order valence-corrected chi connectivity index (χ3v) is 2.35. The fourth-order valence-electron chi connectivity index (χ4n) is 1.37. The highest BCUT2D eigenvalue weighted by atomic mass is 16.2. The highest BCUT2D eigenvalue weighted by Gasteiger charge is 2.14. The number of nitrogen functional groups attached to an aromatic ring is 1. The van der Waals surface area contributed by atoms with Gasteiger partial charge in [0.05, 0.1) is 0 Å². The number of amides is 1. The molecule has 0 bridgehead atoms. The van der Waals surface area contributed by atoms with Crippen LogP contribution in [0.25, 0.3) is 0 Å². The van der Waals surface area contributed by atoms with Gasteiger partial charge in [-0.15, -0.1) is 10.2 Å². The van der Waals surface area contributed by atoms with Crippen molar-refractivity contribution < 1.29 is 4.79 Å². The molecule has 0 aliphatic carbocycles. The number of anilines is 1. The number of hydrogen-bond acceptors (Lipinski definition) is 4. The van der Waals surface area contributed by atoms with Crippen LogP contribution in [0.15, 0.2) is 12.1 Å². The van der Waals surface area contributed by atoms with E-state index >= 15 is 0 Å². The molecule has 0 saturated heterocycles. The summed E-state index contributed by atoms with van der Waals surface area (Å²) < 4.78 is 0. The maximum atomic E-state index is 12.0. The summed E-state index contributed by atoms with van der Waals surface area (Å²) in [5, 5.41) is 7.47. The van der Waals surface area contributed by atoms with E-state index in [1.807, 2.05) is 6.92 Å². The fraction of sp³-hybridized carbons (Fsp3) is 0.545. The SMILES string of the molecule is CCCCN(CC)C(=O)c1ccc(N)nn1. The Hall–Kier alpha value is -1.65. The van der Waals surface area contributed by atoms with E-state index in [4.69, 9.17) is 5.73 Å². The van der Waals surface area contributed by atoms with Gasteiger partial charge in [0.1, 0.15) is 5.82 Å². The number of hydrogen-bond donors (Lipinski definition) is 1. The lowest BCUT2D eigenvalue weighted by Crippen LogP contribution is -2.32. The number of rotatable bonds is 5. The Morgan fingerprint density at radius 3 is 2.62 bits per heavy atom. The zero-order valence-electron chi connectivity index (χ0n) is 9.81. The molecule has 0 atom stereocenters. The Labute approximate surface area is 95.7 Å². The maximum absolute atomic E-state index is 12.0. The Morgan fingerprint density at radius 2 is 2.12 bits per heavy atom. The summed E-state index contributed by atoms with van der Waals surface area (Å²) in [6, 6.07) is 3.20. The Bertz CT molecular complexity index is 336. The standard InChI is InChI=1S/C11H18N4O/c1-3-5-8-15(4-2)11(16)9-6-7-10(12)14-13-9/h6-7H,3-5,8H2,1-2H3,(H2,12,14). The van der Waals surface area contributed by atoms with Gasteiger partial charge in [0.25, 0.3) is 5.91 Å². The third-order valence-electron chi connectivity index (χ3n) is 2.35. The largest absolute Gasteiger partial charge is 0.382 e. The normalized spacial score (nSPS) is 10.1. The van der Waals surface area contributed by atoms with E-state index in [-0.39, 0.29) is 5.91 Å². The van der Waals surface area contributed by atoms with Gasteiger partial charge in [-0.3, -0.25) is 4.79 Å². The van der Waals surface area contributed by atoms with Gasteiger partial charge in [-0.25, -0.2) is 0 Å². The van der Waals surface area contributed by atoms with E-state index in [1.165, 1.54) is 0 Å². The van der Waals surface area contributed by atoms with Gasteiger partial charge in [-0.05, 0) is 25.5 Å². The molecule has 1 heterocycles. The lowest BCUT2D eigenvalue weighted by atomic mass is 10.2. The molecular formula is C11H18N4O. The van der Waals surface area contributed by atoms with E-state index in [0.29, 0.717) is 18.1 Å². The Balaban J connectivity index is 2.70. The summed E-state index contributed by atoms with van der Waals surface area (Å²) in [4.78, 5) is 13.7. The lowest BCUT2D eigenvalue weighted by molar-refractivity contribution is 0.0755. The minimum absolute atomic E-state index is 0.0801. The van der Waals surface area contributed by atoms with Crippen molar-refractivity contribution in [3.05, 3.63) is 17.8 Å². The van der Waals surface area contributed by atoms with Crippen LogP contribution >= 0.6 is 0 Å².